The van der Waals surface area contributed by atoms with Crippen LogP contribution in [0.1, 0.15) is 74.0 Å². The molecule has 0 bridgehead atoms. The van der Waals surface area contributed by atoms with Crippen LogP contribution in [0.4, 0.5) is 0 Å². The zero-order valence-electron chi connectivity index (χ0n) is 22.8. The first-order chi connectivity index (χ1) is 17.7. The first kappa shape index (κ1) is 29.4. The van der Waals surface area contributed by atoms with Gasteiger partial charge >= 0.3 is 0 Å². The quantitative estimate of drug-likeness (QED) is 0.293. The van der Waals surface area contributed by atoms with Gasteiger partial charge in [0.05, 0.1) is 20.3 Å². The molecule has 1 aromatic carbocycles. The van der Waals surface area contributed by atoms with Gasteiger partial charge in [-0.15, -0.1) is 22.6 Å². The van der Waals surface area contributed by atoms with Crippen LogP contribution in [-0.2, 0) is 24.8 Å². The van der Waals surface area contributed by atoms with Gasteiger partial charge in [0.2, 0.25) is 11.5 Å². The smallest absolute Gasteiger partial charge is 0.242 e. The third kappa shape index (κ3) is 5.81. The number of hydrogen-bond donors (Lipinski definition) is 2. The van der Waals surface area contributed by atoms with E-state index in [1.807, 2.05) is 33.8 Å². The molecular formula is C27H38ClN5O5. The standard InChI is InChI=1S/C27H37N5O5.ClH/c1-6-36-25-19-11-8-7-10-18(19)24-29-31(26(28)32(24)30-25)16-21(34)17-14-20(27(2,3)4)23(35-5)22(15-17)37-13-9-12-33;/h14-15,28,33H,6-13,16H2,1-5H3;1H. The van der Waals surface area contributed by atoms with Gasteiger partial charge in [0, 0.05) is 35.3 Å². The van der Waals surface area contributed by atoms with Crippen molar-refractivity contribution in [1.29, 1.82) is 5.41 Å². The van der Waals surface area contributed by atoms with Crippen LogP contribution in [0.25, 0.3) is 5.65 Å². The SMILES string of the molecule is CCOc1nn2c(=N)n(CC(=O)c3cc(OCCCO)c(OC)c(C(C)(C)C)c3)nc2c2c1CCCC2.Cl. The molecule has 0 saturated carbocycles. The molecule has 1 aliphatic rings. The van der Waals surface area contributed by atoms with Gasteiger partial charge in [0.25, 0.3) is 0 Å². The number of halogens is 1. The minimum absolute atomic E-state index is 0. The van der Waals surface area contributed by atoms with E-state index in [0.29, 0.717) is 48.2 Å². The average Bonchev–Trinajstić information content (AvgIpc) is 3.18. The molecule has 38 heavy (non-hydrogen) atoms. The Hall–Kier alpha value is -3.11. The first-order valence-electron chi connectivity index (χ1n) is 12.9. The van der Waals surface area contributed by atoms with Crippen LogP contribution in [0, 0.1) is 5.41 Å². The van der Waals surface area contributed by atoms with Crippen molar-refractivity contribution in [2.45, 2.75) is 71.8 Å². The van der Waals surface area contributed by atoms with Gasteiger partial charge < -0.3 is 19.3 Å². The Labute approximate surface area is 228 Å². The van der Waals surface area contributed by atoms with E-state index in [1.54, 1.807) is 13.2 Å². The lowest BCUT2D eigenvalue weighted by atomic mass is 9.84. The van der Waals surface area contributed by atoms with Gasteiger partial charge in [-0.2, -0.15) is 4.52 Å². The Morgan fingerprint density at radius 2 is 1.84 bits per heavy atom. The largest absolute Gasteiger partial charge is 0.493 e. The number of Topliss-reactive ketones (excluding diaryl/α,β-unsaturated/α-hetero) is 1. The minimum Gasteiger partial charge on any atom is -0.493 e. The second-order valence-electron chi connectivity index (χ2n) is 10.3. The van der Waals surface area contributed by atoms with E-state index in [4.69, 9.17) is 24.7 Å². The van der Waals surface area contributed by atoms with Gasteiger partial charge in [0.1, 0.15) is 6.54 Å². The van der Waals surface area contributed by atoms with Gasteiger partial charge in [-0.1, -0.05) is 20.8 Å². The zero-order chi connectivity index (χ0) is 26.7. The molecule has 2 heterocycles. The minimum atomic E-state index is -0.313. The number of rotatable bonds is 10. The fraction of sp³-hybridized carbons (Fsp3) is 0.556. The summed E-state index contributed by atoms with van der Waals surface area (Å²) in [5.74, 6) is 1.36. The Morgan fingerprint density at radius 3 is 2.47 bits per heavy atom. The van der Waals surface area contributed by atoms with Crippen molar-refractivity contribution >= 4 is 23.8 Å². The number of methoxy groups -OCH3 is 1. The lowest BCUT2D eigenvalue weighted by molar-refractivity contribution is 0.0964. The van der Waals surface area contributed by atoms with Gasteiger partial charge in [0.15, 0.2) is 22.9 Å². The highest BCUT2D eigenvalue weighted by Crippen LogP contribution is 2.40. The molecule has 0 saturated heterocycles. The predicted octanol–water partition coefficient (Wildman–Crippen LogP) is 3.66. The molecule has 208 valence electrons. The molecule has 0 unspecified atom stereocenters. The summed E-state index contributed by atoms with van der Waals surface area (Å²) in [6.45, 7) is 8.71. The summed E-state index contributed by atoms with van der Waals surface area (Å²) in [4.78, 5) is 13.5. The summed E-state index contributed by atoms with van der Waals surface area (Å²) in [5, 5.41) is 27.1. The van der Waals surface area contributed by atoms with Crippen LogP contribution in [0.5, 0.6) is 17.4 Å². The predicted molar refractivity (Wildman–Crippen MR) is 145 cm³/mol. The van der Waals surface area contributed by atoms with Crippen LogP contribution in [0.3, 0.4) is 0 Å². The van der Waals surface area contributed by atoms with E-state index in [2.05, 4.69) is 10.2 Å². The Kier molecular flexibility index (Phi) is 9.43. The highest BCUT2D eigenvalue weighted by atomic mass is 35.5. The molecule has 0 aliphatic heterocycles. The highest BCUT2D eigenvalue weighted by Gasteiger charge is 2.26. The van der Waals surface area contributed by atoms with Crippen molar-refractivity contribution in [2.75, 3.05) is 26.9 Å². The summed E-state index contributed by atoms with van der Waals surface area (Å²) >= 11 is 0. The van der Waals surface area contributed by atoms with Crippen molar-refractivity contribution in [2.24, 2.45) is 0 Å². The molecular weight excluding hydrogens is 510 g/mol. The Morgan fingerprint density at radius 1 is 1.13 bits per heavy atom. The van der Waals surface area contributed by atoms with Crippen molar-refractivity contribution in [3.63, 3.8) is 0 Å². The molecule has 10 nitrogen and oxygen atoms in total. The van der Waals surface area contributed by atoms with E-state index >= 15 is 0 Å². The third-order valence-corrected chi connectivity index (χ3v) is 6.57. The number of ketones is 1. The van der Waals surface area contributed by atoms with E-state index in [0.717, 1.165) is 42.4 Å². The van der Waals surface area contributed by atoms with Crippen LogP contribution >= 0.6 is 12.4 Å². The summed E-state index contributed by atoms with van der Waals surface area (Å²) in [5.41, 5.74) is 3.69. The molecule has 0 atom stereocenters. The topological polar surface area (TPSA) is 124 Å². The van der Waals surface area contributed by atoms with Crippen molar-refractivity contribution in [3.8, 4) is 17.4 Å². The van der Waals surface area contributed by atoms with Crippen molar-refractivity contribution in [3.05, 3.63) is 40.0 Å². The van der Waals surface area contributed by atoms with Gasteiger partial charge in [-0.05, 0) is 50.2 Å². The Balaban J connectivity index is 0.00000400. The fourth-order valence-electron chi connectivity index (χ4n) is 4.71. The molecule has 0 fully saturated rings. The number of aliphatic hydroxyl groups excluding tert-OH is 1. The number of carbonyl (C=O) groups excluding carboxylic acids is 1. The second kappa shape index (κ2) is 12.2. The number of nitrogens with zero attached hydrogens (tertiary/aromatic N) is 4. The number of aryl methyl sites for hydroxylation is 1. The molecule has 0 radical (unpaired) electrons. The molecule has 11 heteroatoms. The fourth-order valence-corrected chi connectivity index (χ4v) is 4.71. The summed E-state index contributed by atoms with van der Waals surface area (Å²) in [6, 6.07) is 3.49. The average molecular weight is 548 g/mol. The monoisotopic (exact) mass is 547 g/mol. The lowest BCUT2D eigenvalue weighted by Gasteiger charge is -2.25. The molecule has 0 spiro atoms. The lowest BCUT2D eigenvalue weighted by Crippen LogP contribution is -2.27. The van der Waals surface area contributed by atoms with Crippen LogP contribution in [-0.4, -0.2) is 57.2 Å². The van der Waals surface area contributed by atoms with E-state index in [-0.39, 0.29) is 42.4 Å². The second-order valence-corrected chi connectivity index (χ2v) is 10.3. The van der Waals surface area contributed by atoms with Crippen molar-refractivity contribution < 1.29 is 24.1 Å². The zero-order valence-corrected chi connectivity index (χ0v) is 23.6. The number of ether oxygens (including phenoxy) is 3. The van der Waals surface area contributed by atoms with Crippen LogP contribution in [0.15, 0.2) is 12.1 Å². The molecule has 3 aromatic rings. The maximum Gasteiger partial charge on any atom is 0.242 e. The maximum absolute atomic E-state index is 13.5. The van der Waals surface area contributed by atoms with Gasteiger partial charge in [-0.3, -0.25) is 10.2 Å². The number of benzene rings is 1. The molecule has 0 amide bonds. The van der Waals surface area contributed by atoms with Gasteiger partial charge in [-0.25, -0.2) is 4.68 Å². The van der Waals surface area contributed by atoms with E-state index in [1.165, 1.54) is 9.20 Å². The number of aliphatic hydroxyl groups is 1. The molecule has 1 aliphatic carbocycles. The van der Waals surface area contributed by atoms with E-state index in [9.17, 15) is 4.79 Å². The summed E-state index contributed by atoms with van der Waals surface area (Å²) < 4.78 is 20.2. The highest BCUT2D eigenvalue weighted by molar-refractivity contribution is 5.97. The molecule has 2 N–H and O–H groups in total. The number of carbonyl (C=O) groups is 1. The maximum atomic E-state index is 13.5. The first-order valence-corrected chi connectivity index (χ1v) is 12.9. The number of nitrogens with one attached hydrogen (secondary N) is 1. The molecule has 2 aromatic heterocycles. The number of aromatic nitrogens is 4. The summed E-state index contributed by atoms with van der Waals surface area (Å²) in [7, 11) is 1.58. The third-order valence-electron chi connectivity index (χ3n) is 6.57. The Bertz CT molecular complexity index is 1360. The number of hydrogen-bond acceptors (Lipinski definition) is 8. The number of fused-ring (bicyclic) bond motifs is 3. The van der Waals surface area contributed by atoms with Crippen LogP contribution in [0.2, 0.25) is 0 Å². The molecule has 4 rings (SSSR count). The summed E-state index contributed by atoms with van der Waals surface area (Å²) in [6.07, 6.45) is 4.28. The van der Waals surface area contributed by atoms with Crippen LogP contribution < -0.4 is 19.8 Å². The van der Waals surface area contributed by atoms with Crippen molar-refractivity contribution in [1.82, 2.24) is 19.4 Å². The van der Waals surface area contributed by atoms with E-state index < -0.39 is 0 Å². The normalized spacial score (nSPS) is 13.1.